The average molecular weight is 333 g/mol. The van der Waals surface area contributed by atoms with E-state index < -0.39 is 12.1 Å². The maximum absolute atomic E-state index is 12.1. The summed E-state index contributed by atoms with van der Waals surface area (Å²) in [7, 11) is 4.22. The molecule has 0 aliphatic rings. The molecule has 7 heteroatoms. The van der Waals surface area contributed by atoms with Gasteiger partial charge in [-0.05, 0) is 5.56 Å². The summed E-state index contributed by atoms with van der Waals surface area (Å²) in [6, 6.07) is 9.34. The van der Waals surface area contributed by atoms with Gasteiger partial charge in [0.2, 0.25) is 0 Å². The maximum Gasteiger partial charge on any atom is 0.410 e. The van der Waals surface area contributed by atoms with E-state index in [2.05, 4.69) is 0 Å². The number of esters is 1. The standard InChI is InChI=1S/C17H19NO6/c1-18(17(20)24-10-12-7-5-4-6-8-12)9-13-15(16(19)22-3)14(21-2)11-23-13/h4-8,11H,9-10H2,1-3H3. The van der Waals surface area contributed by atoms with Crippen LogP contribution in [0.1, 0.15) is 21.7 Å². The first kappa shape index (κ1) is 17.4. The summed E-state index contributed by atoms with van der Waals surface area (Å²) in [6.07, 6.45) is 0.759. The third-order valence-corrected chi connectivity index (χ3v) is 3.34. The number of nitrogens with zero attached hydrogens (tertiary/aromatic N) is 1. The highest BCUT2D eigenvalue weighted by Gasteiger charge is 2.25. The minimum Gasteiger partial charge on any atom is -0.492 e. The monoisotopic (exact) mass is 333 g/mol. The smallest absolute Gasteiger partial charge is 0.410 e. The van der Waals surface area contributed by atoms with E-state index in [1.165, 1.54) is 25.4 Å². The van der Waals surface area contributed by atoms with Crippen LogP contribution in [-0.2, 0) is 22.6 Å². The Balaban J connectivity index is 2.01. The fourth-order valence-electron chi connectivity index (χ4n) is 2.07. The normalized spacial score (nSPS) is 10.1. The molecular formula is C17H19NO6. The number of ether oxygens (including phenoxy) is 3. The van der Waals surface area contributed by atoms with Gasteiger partial charge in [0.15, 0.2) is 5.75 Å². The van der Waals surface area contributed by atoms with Crippen molar-refractivity contribution in [1.82, 2.24) is 4.90 Å². The lowest BCUT2D eigenvalue weighted by molar-refractivity contribution is 0.0591. The van der Waals surface area contributed by atoms with Gasteiger partial charge in [-0.3, -0.25) is 0 Å². The first-order valence-electron chi connectivity index (χ1n) is 7.21. The molecule has 128 valence electrons. The van der Waals surface area contributed by atoms with Gasteiger partial charge in [-0.25, -0.2) is 9.59 Å². The quantitative estimate of drug-likeness (QED) is 0.757. The lowest BCUT2D eigenvalue weighted by Gasteiger charge is -2.16. The summed E-state index contributed by atoms with van der Waals surface area (Å²) in [5, 5.41) is 0. The molecule has 0 saturated carbocycles. The first-order chi connectivity index (χ1) is 11.6. The van der Waals surface area contributed by atoms with Crippen molar-refractivity contribution >= 4 is 12.1 Å². The van der Waals surface area contributed by atoms with Crippen molar-refractivity contribution in [3.05, 3.63) is 53.5 Å². The minimum atomic E-state index is -0.596. The summed E-state index contributed by atoms with van der Waals surface area (Å²) in [4.78, 5) is 25.2. The average Bonchev–Trinajstić information content (AvgIpc) is 3.02. The summed E-state index contributed by atoms with van der Waals surface area (Å²) >= 11 is 0. The second-order valence-corrected chi connectivity index (χ2v) is 4.99. The molecule has 1 aromatic carbocycles. The topological polar surface area (TPSA) is 78.2 Å². The summed E-state index contributed by atoms with van der Waals surface area (Å²) in [5.41, 5.74) is 1.04. The highest BCUT2D eigenvalue weighted by molar-refractivity contribution is 5.93. The van der Waals surface area contributed by atoms with Crippen molar-refractivity contribution in [1.29, 1.82) is 0 Å². The molecular weight excluding hydrogens is 314 g/mol. The second kappa shape index (κ2) is 8.05. The van der Waals surface area contributed by atoms with Crippen LogP contribution < -0.4 is 4.74 Å². The van der Waals surface area contributed by atoms with Crippen molar-refractivity contribution in [2.45, 2.75) is 13.2 Å². The Morgan fingerprint density at radius 1 is 1.17 bits per heavy atom. The fraction of sp³-hybridized carbons (Fsp3) is 0.294. The number of furan rings is 1. The van der Waals surface area contributed by atoms with E-state index in [-0.39, 0.29) is 30.2 Å². The molecule has 0 fully saturated rings. The molecule has 1 amide bonds. The Bertz CT molecular complexity index is 694. The Labute approximate surface area is 139 Å². The van der Waals surface area contributed by atoms with Gasteiger partial charge >= 0.3 is 12.1 Å². The number of rotatable bonds is 6. The third kappa shape index (κ3) is 4.07. The van der Waals surface area contributed by atoms with Gasteiger partial charge in [-0.15, -0.1) is 0 Å². The maximum atomic E-state index is 12.1. The van der Waals surface area contributed by atoms with Crippen molar-refractivity contribution in [2.24, 2.45) is 0 Å². The predicted molar refractivity (Wildman–Crippen MR) is 84.7 cm³/mol. The molecule has 0 radical (unpaired) electrons. The lowest BCUT2D eigenvalue weighted by atomic mass is 10.2. The van der Waals surface area contributed by atoms with Crippen molar-refractivity contribution in [3.8, 4) is 5.75 Å². The number of methoxy groups -OCH3 is 2. The van der Waals surface area contributed by atoms with E-state index in [0.717, 1.165) is 5.56 Å². The van der Waals surface area contributed by atoms with Gasteiger partial charge in [-0.2, -0.15) is 0 Å². The van der Waals surface area contributed by atoms with Crippen LogP contribution in [0.25, 0.3) is 0 Å². The zero-order valence-corrected chi connectivity index (χ0v) is 13.8. The van der Waals surface area contributed by atoms with Gasteiger partial charge < -0.3 is 23.5 Å². The van der Waals surface area contributed by atoms with Crippen LogP contribution >= 0.6 is 0 Å². The van der Waals surface area contributed by atoms with Crippen LogP contribution in [0.15, 0.2) is 41.0 Å². The summed E-state index contributed by atoms with van der Waals surface area (Å²) in [5.74, 6) is -0.0811. The van der Waals surface area contributed by atoms with Gasteiger partial charge in [0.05, 0.1) is 20.8 Å². The molecule has 0 atom stereocenters. The zero-order valence-electron chi connectivity index (χ0n) is 13.8. The Hall–Kier alpha value is -2.96. The molecule has 7 nitrogen and oxygen atoms in total. The largest absolute Gasteiger partial charge is 0.492 e. The second-order valence-electron chi connectivity index (χ2n) is 4.99. The Kier molecular flexibility index (Phi) is 5.83. The van der Waals surface area contributed by atoms with Gasteiger partial charge in [0, 0.05) is 7.05 Å². The predicted octanol–water partition coefficient (Wildman–Crippen LogP) is 2.84. The van der Waals surface area contributed by atoms with E-state index in [4.69, 9.17) is 18.6 Å². The fourth-order valence-corrected chi connectivity index (χ4v) is 2.07. The van der Waals surface area contributed by atoms with Crippen molar-refractivity contribution in [3.63, 3.8) is 0 Å². The minimum absolute atomic E-state index is 0.0431. The van der Waals surface area contributed by atoms with E-state index in [1.54, 1.807) is 7.05 Å². The van der Waals surface area contributed by atoms with Gasteiger partial charge in [0.25, 0.3) is 0 Å². The molecule has 2 aromatic rings. The highest BCUT2D eigenvalue weighted by atomic mass is 16.6. The molecule has 1 aromatic heterocycles. The Morgan fingerprint density at radius 2 is 1.88 bits per heavy atom. The summed E-state index contributed by atoms with van der Waals surface area (Å²) in [6.45, 7) is 0.205. The number of carbonyl (C=O) groups excluding carboxylic acids is 2. The number of hydrogen-bond donors (Lipinski definition) is 0. The van der Waals surface area contributed by atoms with Crippen LogP contribution in [0.4, 0.5) is 4.79 Å². The number of hydrogen-bond acceptors (Lipinski definition) is 6. The van der Waals surface area contributed by atoms with Gasteiger partial charge in [0.1, 0.15) is 24.2 Å². The first-order valence-corrected chi connectivity index (χ1v) is 7.21. The molecule has 0 spiro atoms. The van der Waals surface area contributed by atoms with E-state index >= 15 is 0 Å². The zero-order chi connectivity index (χ0) is 17.5. The van der Waals surface area contributed by atoms with E-state index in [9.17, 15) is 9.59 Å². The number of amides is 1. The lowest BCUT2D eigenvalue weighted by Crippen LogP contribution is -2.27. The van der Waals surface area contributed by atoms with E-state index in [1.807, 2.05) is 30.3 Å². The van der Waals surface area contributed by atoms with Crippen LogP contribution in [0, 0.1) is 0 Å². The van der Waals surface area contributed by atoms with Crippen LogP contribution in [0.2, 0.25) is 0 Å². The third-order valence-electron chi connectivity index (χ3n) is 3.34. The van der Waals surface area contributed by atoms with Crippen molar-refractivity contribution in [2.75, 3.05) is 21.3 Å². The molecule has 0 aliphatic heterocycles. The van der Waals surface area contributed by atoms with Gasteiger partial charge in [-0.1, -0.05) is 30.3 Å². The number of carbonyl (C=O) groups is 2. The summed E-state index contributed by atoms with van der Waals surface area (Å²) < 4.78 is 20.3. The van der Waals surface area contributed by atoms with Crippen molar-refractivity contribution < 1.29 is 28.2 Å². The molecule has 2 rings (SSSR count). The molecule has 24 heavy (non-hydrogen) atoms. The van der Waals surface area contributed by atoms with E-state index in [0.29, 0.717) is 0 Å². The molecule has 0 unspecified atom stereocenters. The molecule has 0 N–H and O–H groups in total. The Morgan fingerprint density at radius 3 is 2.50 bits per heavy atom. The van der Waals surface area contributed by atoms with Crippen LogP contribution in [0.3, 0.4) is 0 Å². The SMILES string of the molecule is COC(=O)c1c(OC)coc1CN(C)C(=O)OCc1ccccc1. The van der Waals surface area contributed by atoms with Crippen LogP contribution in [-0.4, -0.2) is 38.2 Å². The molecule has 1 heterocycles. The molecule has 0 saturated heterocycles. The highest BCUT2D eigenvalue weighted by Crippen LogP contribution is 2.26. The molecule has 0 aliphatic carbocycles. The molecule has 0 bridgehead atoms. The number of benzene rings is 1. The van der Waals surface area contributed by atoms with Crippen LogP contribution in [0.5, 0.6) is 5.75 Å².